The molecule has 0 amide bonds. The standard InChI is InChI=1S/C16H18O.3CO.Fe/c1-13(15-6-4-3-5-7-15)12-14-8-10-16(17-2)11-9-14;3*1-2;/h3-8,10-13H,9H2,1-2H3;;;;/b14-12-;;;;. The maximum Gasteiger partial charge on any atom is 0 e. The topological polar surface area (TPSA) is 68.9 Å². The Balaban J connectivity index is -0.000000569. The zero-order valence-electron chi connectivity index (χ0n) is 13.5. The Kier molecular flexibility index (Phi) is 21.3. The predicted octanol–water partition coefficient (Wildman–Crippen LogP) is 4.09. The Hall–Kier alpha value is -2.02. The average Bonchev–Trinajstić information content (AvgIpc) is 2.68. The molecule has 1 aromatic carbocycles. The third-order valence-electron chi connectivity index (χ3n) is 3.03. The normalized spacial score (nSPS) is 13.7. The Morgan fingerprint density at radius 3 is 1.96 bits per heavy atom. The first-order valence-electron chi connectivity index (χ1n) is 6.58. The van der Waals surface area contributed by atoms with Crippen LogP contribution in [0.25, 0.3) is 0 Å². The number of hydrogen-bond acceptors (Lipinski definition) is 1. The molecule has 0 radical (unpaired) electrons. The molecule has 126 valence electrons. The first-order chi connectivity index (χ1) is 11.3. The molecule has 1 aromatic rings. The second-order valence-corrected chi connectivity index (χ2v) is 4.29. The van der Waals surface area contributed by atoms with E-state index in [1.807, 2.05) is 6.08 Å². The zero-order chi connectivity index (χ0) is 18.1. The van der Waals surface area contributed by atoms with E-state index in [-0.39, 0.29) is 17.1 Å². The molecule has 0 saturated heterocycles. The van der Waals surface area contributed by atoms with Gasteiger partial charge in [-0.25, -0.2) is 0 Å². The van der Waals surface area contributed by atoms with Crippen molar-refractivity contribution in [1.82, 2.24) is 0 Å². The zero-order valence-corrected chi connectivity index (χ0v) is 14.6. The molecule has 0 aromatic heterocycles. The van der Waals surface area contributed by atoms with Crippen LogP contribution < -0.4 is 0 Å². The van der Waals surface area contributed by atoms with Gasteiger partial charge in [-0.15, -0.1) is 0 Å². The molecule has 0 aliphatic heterocycles. The van der Waals surface area contributed by atoms with Crippen molar-refractivity contribution in [2.24, 2.45) is 0 Å². The van der Waals surface area contributed by atoms with Gasteiger partial charge >= 0.3 is 33.9 Å². The molecule has 2 rings (SSSR count). The van der Waals surface area contributed by atoms with E-state index in [2.05, 4.69) is 75.4 Å². The monoisotopic (exact) mass is 366 g/mol. The summed E-state index contributed by atoms with van der Waals surface area (Å²) in [6.45, 7) is 15.7. The van der Waals surface area contributed by atoms with Crippen LogP contribution in [-0.4, -0.2) is 7.11 Å². The second kappa shape index (κ2) is 19.0. The van der Waals surface area contributed by atoms with Crippen LogP contribution in [0.5, 0.6) is 0 Å². The summed E-state index contributed by atoms with van der Waals surface area (Å²) in [6, 6.07) is 10.6. The van der Waals surface area contributed by atoms with Gasteiger partial charge in [0.15, 0.2) is 0 Å². The quantitative estimate of drug-likeness (QED) is 0.451. The SMILES string of the molecule is COC1=CC/C(=C\C(C)c2ccccc2)C=C1.[C-]#[O+].[C-]#[O+].[C-]#[O+].[Fe]. The third-order valence-corrected chi connectivity index (χ3v) is 3.03. The molecule has 1 unspecified atom stereocenters. The summed E-state index contributed by atoms with van der Waals surface area (Å²) in [5.74, 6) is 1.41. The van der Waals surface area contributed by atoms with E-state index in [0.29, 0.717) is 5.92 Å². The summed E-state index contributed by atoms with van der Waals surface area (Å²) in [6.07, 6.45) is 9.54. The van der Waals surface area contributed by atoms with Gasteiger partial charge in [0, 0.05) is 17.1 Å². The van der Waals surface area contributed by atoms with Gasteiger partial charge in [-0.2, -0.15) is 0 Å². The van der Waals surface area contributed by atoms with Crippen molar-refractivity contribution in [2.75, 3.05) is 7.11 Å². The number of hydrogen-bond donors (Lipinski definition) is 0. The minimum Gasteiger partial charge on any atom is 0 e. The molecular formula is C19H18FeO4. The summed E-state index contributed by atoms with van der Waals surface area (Å²) in [4.78, 5) is 0. The van der Waals surface area contributed by atoms with Crippen LogP contribution in [0, 0.1) is 20.0 Å². The van der Waals surface area contributed by atoms with Gasteiger partial charge in [-0.05, 0) is 35.6 Å². The predicted molar refractivity (Wildman–Crippen MR) is 83.6 cm³/mol. The van der Waals surface area contributed by atoms with Crippen LogP contribution in [-0.2, 0) is 35.8 Å². The molecule has 5 heteroatoms. The Bertz CT molecular complexity index is 566. The number of allylic oxidation sites excluding steroid dienone is 5. The summed E-state index contributed by atoms with van der Waals surface area (Å²) >= 11 is 0. The minimum atomic E-state index is 0. The smallest absolute Gasteiger partial charge is 0 e. The molecule has 0 spiro atoms. The van der Waals surface area contributed by atoms with Crippen LogP contribution in [0.1, 0.15) is 24.8 Å². The van der Waals surface area contributed by atoms with Gasteiger partial charge in [0.05, 0.1) is 7.11 Å². The van der Waals surface area contributed by atoms with Crippen molar-refractivity contribution in [2.45, 2.75) is 19.3 Å². The fourth-order valence-electron chi connectivity index (χ4n) is 1.99. The van der Waals surface area contributed by atoms with Crippen molar-refractivity contribution < 1.29 is 35.8 Å². The van der Waals surface area contributed by atoms with Gasteiger partial charge in [0.25, 0.3) is 0 Å². The minimum absolute atomic E-state index is 0. The fourth-order valence-corrected chi connectivity index (χ4v) is 1.99. The second-order valence-electron chi connectivity index (χ2n) is 4.29. The van der Waals surface area contributed by atoms with E-state index in [4.69, 9.17) is 18.7 Å². The van der Waals surface area contributed by atoms with Crippen molar-refractivity contribution in [1.29, 1.82) is 0 Å². The van der Waals surface area contributed by atoms with Crippen molar-refractivity contribution >= 4 is 0 Å². The third kappa shape index (κ3) is 10.7. The van der Waals surface area contributed by atoms with Gasteiger partial charge < -0.3 is 4.74 Å². The molecule has 1 aliphatic rings. The van der Waals surface area contributed by atoms with E-state index in [0.717, 1.165) is 12.2 Å². The molecule has 4 nitrogen and oxygen atoms in total. The number of benzene rings is 1. The average molecular weight is 366 g/mol. The molecule has 1 atom stereocenters. The van der Waals surface area contributed by atoms with Crippen LogP contribution in [0.4, 0.5) is 0 Å². The summed E-state index contributed by atoms with van der Waals surface area (Å²) in [5.41, 5.74) is 2.71. The van der Waals surface area contributed by atoms with Crippen molar-refractivity contribution in [3.05, 3.63) is 91.5 Å². The Labute approximate surface area is 153 Å². The Morgan fingerprint density at radius 2 is 1.54 bits per heavy atom. The van der Waals surface area contributed by atoms with E-state index >= 15 is 0 Å². The van der Waals surface area contributed by atoms with Crippen LogP contribution in [0.15, 0.2) is 66.0 Å². The van der Waals surface area contributed by atoms with E-state index < -0.39 is 0 Å². The summed E-state index contributed by atoms with van der Waals surface area (Å²) in [7, 11) is 1.71. The summed E-state index contributed by atoms with van der Waals surface area (Å²) in [5, 5.41) is 0. The molecule has 0 bridgehead atoms. The van der Waals surface area contributed by atoms with E-state index in [1.54, 1.807) is 7.11 Å². The number of methoxy groups -OCH3 is 1. The van der Waals surface area contributed by atoms with Crippen LogP contribution >= 0.6 is 0 Å². The maximum atomic E-state index is 7.50. The maximum absolute atomic E-state index is 7.50. The van der Waals surface area contributed by atoms with Crippen LogP contribution in [0.3, 0.4) is 0 Å². The van der Waals surface area contributed by atoms with Crippen LogP contribution in [0.2, 0.25) is 0 Å². The molecule has 24 heavy (non-hydrogen) atoms. The van der Waals surface area contributed by atoms with Gasteiger partial charge in [0.1, 0.15) is 5.76 Å². The Morgan fingerprint density at radius 1 is 1.00 bits per heavy atom. The molecule has 0 N–H and O–H groups in total. The largest absolute Gasteiger partial charge is 0 e. The van der Waals surface area contributed by atoms with E-state index in [9.17, 15) is 0 Å². The number of ether oxygens (including phenoxy) is 1. The molecule has 0 heterocycles. The molecule has 1 aliphatic carbocycles. The summed E-state index contributed by atoms with van der Waals surface area (Å²) < 4.78 is 27.7. The first kappa shape index (κ1) is 26.9. The van der Waals surface area contributed by atoms with E-state index in [1.165, 1.54) is 11.1 Å². The van der Waals surface area contributed by atoms with Gasteiger partial charge in [-0.3, -0.25) is 0 Å². The molecular weight excluding hydrogens is 348 g/mol. The van der Waals surface area contributed by atoms with Gasteiger partial charge in [-0.1, -0.05) is 49.4 Å². The van der Waals surface area contributed by atoms with Crippen molar-refractivity contribution in [3.63, 3.8) is 0 Å². The number of rotatable bonds is 3. The first-order valence-corrected chi connectivity index (χ1v) is 6.58. The molecule has 0 fully saturated rings. The molecule has 0 saturated carbocycles. The fraction of sp³-hybridized carbons (Fsp3) is 0.211. The van der Waals surface area contributed by atoms with Crippen molar-refractivity contribution in [3.8, 4) is 0 Å². The van der Waals surface area contributed by atoms with Gasteiger partial charge in [0.2, 0.25) is 0 Å².